The highest BCUT2D eigenvalue weighted by atomic mass is 32.2. The standard InChI is InChI=1S/C12H20N4S/c1-9-6-11(13-3)15-12(14-9)7-16-4-5-17-8-10(16)2/h6,10H,4-5,7-8H2,1-3H3,(H,13,14,15). The van der Waals surface area contributed by atoms with Gasteiger partial charge in [-0.3, -0.25) is 4.90 Å². The maximum Gasteiger partial charge on any atom is 0.144 e. The van der Waals surface area contributed by atoms with Crippen molar-refractivity contribution in [2.75, 3.05) is 30.4 Å². The maximum atomic E-state index is 4.51. The molecule has 2 heterocycles. The summed E-state index contributed by atoms with van der Waals surface area (Å²) < 4.78 is 0. The van der Waals surface area contributed by atoms with Crippen LogP contribution in [0.5, 0.6) is 0 Å². The molecule has 0 amide bonds. The maximum absolute atomic E-state index is 4.51. The Kier molecular flexibility index (Phi) is 4.23. The Hall–Kier alpha value is -0.810. The van der Waals surface area contributed by atoms with E-state index in [1.165, 1.54) is 11.5 Å². The summed E-state index contributed by atoms with van der Waals surface area (Å²) >= 11 is 2.03. The topological polar surface area (TPSA) is 41.1 Å². The molecule has 1 saturated heterocycles. The Balaban J connectivity index is 2.09. The van der Waals surface area contributed by atoms with Gasteiger partial charge >= 0.3 is 0 Å². The number of anilines is 1. The molecular weight excluding hydrogens is 232 g/mol. The molecule has 1 unspecified atom stereocenters. The van der Waals surface area contributed by atoms with E-state index >= 15 is 0 Å². The lowest BCUT2D eigenvalue weighted by Crippen LogP contribution is -2.40. The van der Waals surface area contributed by atoms with E-state index in [2.05, 4.69) is 27.1 Å². The van der Waals surface area contributed by atoms with Crippen molar-refractivity contribution in [2.45, 2.75) is 26.4 Å². The van der Waals surface area contributed by atoms with Gasteiger partial charge in [0, 0.05) is 42.9 Å². The van der Waals surface area contributed by atoms with Crippen LogP contribution >= 0.6 is 11.8 Å². The molecule has 1 aliphatic heterocycles. The molecule has 1 atom stereocenters. The summed E-state index contributed by atoms with van der Waals surface area (Å²) in [4.78, 5) is 11.5. The molecule has 1 fully saturated rings. The SMILES string of the molecule is CNc1cc(C)nc(CN2CCSCC2C)n1. The molecule has 2 rings (SSSR count). The zero-order chi connectivity index (χ0) is 12.3. The molecule has 0 aliphatic carbocycles. The van der Waals surface area contributed by atoms with Crippen LogP contribution in [-0.2, 0) is 6.54 Å². The minimum Gasteiger partial charge on any atom is -0.373 e. The average molecular weight is 252 g/mol. The number of rotatable bonds is 3. The molecule has 5 heteroatoms. The quantitative estimate of drug-likeness (QED) is 0.888. The number of aromatic nitrogens is 2. The van der Waals surface area contributed by atoms with E-state index in [1.807, 2.05) is 31.8 Å². The molecule has 0 bridgehead atoms. The molecule has 94 valence electrons. The Morgan fingerprint density at radius 3 is 3.06 bits per heavy atom. The van der Waals surface area contributed by atoms with Crippen LogP contribution in [0, 0.1) is 6.92 Å². The Labute approximate surface area is 107 Å². The van der Waals surface area contributed by atoms with Gasteiger partial charge in [0.1, 0.15) is 11.6 Å². The highest BCUT2D eigenvalue weighted by Crippen LogP contribution is 2.18. The van der Waals surface area contributed by atoms with Gasteiger partial charge in [0.25, 0.3) is 0 Å². The number of hydrogen-bond donors (Lipinski definition) is 1. The highest BCUT2D eigenvalue weighted by molar-refractivity contribution is 7.99. The minimum atomic E-state index is 0.621. The van der Waals surface area contributed by atoms with Crippen LogP contribution in [0.3, 0.4) is 0 Å². The third kappa shape index (κ3) is 3.33. The predicted molar refractivity (Wildman–Crippen MR) is 73.5 cm³/mol. The zero-order valence-electron chi connectivity index (χ0n) is 10.7. The second-order valence-electron chi connectivity index (χ2n) is 4.46. The van der Waals surface area contributed by atoms with Gasteiger partial charge in [-0.1, -0.05) is 0 Å². The van der Waals surface area contributed by atoms with Crippen LogP contribution in [0.1, 0.15) is 18.4 Å². The Morgan fingerprint density at radius 1 is 1.53 bits per heavy atom. The molecule has 4 nitrogen and oxygen atoms in total. The van der Waals surface area contributed by atoms with Gasteiger partial charge in [-0.15, -0.1) is 0 Å². The van der Waals surface area contributed by atoms with Crippen molar-refractivity contribution in [1.29, 1.82) is 0 Å². The Morgan fingerprint density at radius 2 is 2.35 bits per heavy atom. The smallest absolute Gasteiger partial charge is 0.144 e. The van der Waals surface area contributed by atoms with Gasteiger partial charge in [0.05, 0.1) is 6.54 Å². The van der Waals surface area contributed by atoms with Crippen molar-refractivity contribution in [3.8, 4) is 0 Å². The number of thioether (sulfide) groups is 1. The van der Waals surface area contributed by atoms with Crippen molar-refractivity contribution < 1.29 is 0 Å². The highest BCUT2D eigenvalue weighted by Gasteiger charge is 2.19. The van der Waals surface area contributed by atoms with Crippen LogP contribution in [0.25, 0.3) is 0 Å². The summed E-state index contributed by atoms with van der Waals surface area (Å²) in [6.45, 7) is 6.29. The van der Waals surface area contributed by atoms with E-state index in [1.54, 1.807) is 0 Å². The summed E-state index contributed by atoms with van der Waals surface area (Å²) in [7, 11) is 1.89. The monoisotopic (exact) mass is 252 g/mol. The van der Waals surface area contributed by atoms with Gasteiger partial charge in [0.2, 0.25) is 0 Å². The lowest BCUT2D eigenvalue weighted by atomic mass is 10.3. The van der Waals surface area contributed by atoms with Crippen molar-refractivity contribution in [2.24, 2.45) is 0 Å². The van der Waals surface area contributed by atoms with Crippen LogP contribution in [-0.4, -0.2) is 46.0 Å². The average Bonchev–Trinajstić information content (AvgIpc) is 2.31. The first kappa shape index (κ1) is 12.6. The van der Waals surface area contributed by atoms with Crippen molar-refractivity contribution in [3.63, 3.8) is 0 Å². The van der Waals surface area contributed by atoms with Gasteiger partial charge in [0.15, 0.2) is 0 Å². The largest absolute Gasteiger partial charge is 0.373 e. The van der Waals surface area contributed by atoms with Gasteiger partial charge in [-0.2, -0.15) is 11.8 Å². The number of nitrogens with zero attached hydrogens (tertiary/aromatic N) is 3. The minimum absolute atomic E-state index is 0.621. The van der Waals surface area contributed by atoms with Crippen molar-refractivity contribution >= 4 is 17.6 Å². The summed E-state index contributed by atoms with van der Waals surface area (Å²) in [5, 5.41) is 3.08. The van der Waals surface area contributed by atoms with E-state index < -0.39 is 0 Å². The first-order valence-electron chi connectivity index (χ1n) is 6.03. The zero-order valence-corrected chi connectivity index (χ0v) is 11.5. The summed E-state index contributed by atoms with van der Waals surface area (Å²) in [6.07, 6.45) is 0. The predicted octanol–water partition coefficient (Wildman–Crippen LogP) is 1.76. The first-order valence-corrected chi connectivity index (χ1v) is 7.18. The van der Waals surface area contributed by atoms with E-state index in [9.17, 15) is 0 Å². The molecule has 0 saturated carbocycles. The fourth-order valence-electron chi connectivity index (χ4n) is 2.01. The van der Waals surface area contributed by atoms with E-state index in [-0.39, 0.29) is 0 Å². The summed E-state index contributed by atoms with van der Waals surface area (Å²) in [6, 6.07) is 2.59. The number of hydrogen-bond acceptors (Lipinski definition) is 5. The van der Waals surface area contributed by atoms with E-state index in [4.69, 9.17) is 0 Å². The molecule has 0 spiro atoms. The first-order chi connectivity index (χ1) is 8.19. The van der Waals surface area contributed by atoms with Crippen molar-refractivity contribution in [3.05, 3.63) is 17.6 Å². The van der Waals surface area contributed by atoms with Gasteiger partial charge < -0.3 is 5.32 Å². The van der Waals surface area contributed by atoms with E-state index in [0.717, 1.165) is 30.4 Å². The summed E-state index contributed by atoms with van der Waals surface area (Å²) in [5.74, 6) is 4.26. The molecule has 1 aromatic heterocycles. The fraction of sp³-hybridized carbons (Fsp3) is 0.667. The van der Waals surface area contributed by atoms with Crippen LogP contribution in [0.2, 0.25) is 0 Å². The van der Waals surface area contributed by atoms with Crippen molar-refractivity contribution in [1.82, 2.24) is 14.9 Å². The fourth-order valence-corrected chi connectivity index (χ4v) is 3.09. The molecule has 1 aromatic rings. The van der Waals surface area contributed by atoms with Crippen LogP contribution < -0.4 is 5.32 Å². The van der Waals surface area contributed by atoms with Gasteiger partial charge in [-0.25, -0.2) is 9.97 Å². The normalized spacial score (nSPS) is 21.5. The lowest BCUT2D eigenvalue weighted by Gasteiger charge is -2.32. The molecule has 1 N–H and O–H groups in total. The molecule has 1 aliphatic rings. The van der Waals surface area contributed by atoms with E-state index in [0.29, 0.717) is 6.04 Å². The molecular formula is C12H20N4S. The van der Waals surface area contributed by atoms with Crippen LogP contribution in [0.4, 0.5) is 5.82 Å². The third-order valence-corrected chi connectivity index (χ3v) is 4.20. The molecule has 17 heavy (non-hydrogen) atoms. The third-order valence-electron chi connectivity index (χ3n) is 3.01. The van der Waals surface area contributed by atoms with Crippen LogP contribution in [0.15, 0.2) is 6.07 Å². The summed E-state index contributed by atoms with van der Waals surface area (Å²) in [5.41, 5.74) is 1.03. The second kappa shape index (κ2) is 5.69. The number of aryl methyl sites for hydroxylation is 1. The molecule has 0 radical (unpaired) electrons. The Bertz CT molecular complexity index is 383. The van der Waals surface area contributed by atoms with Gasteiger partial charge in [-0.05, 0) is 13.8 Å². The number of nitrogens with one attached hydrogen (secondary N) is 1. The molecule has 0 aromatic carbocycles. The lowest BCUT2D eigenvalue weighted by molar-refractivity contribution is 0.218. The second-order valence-corrected chi connectivity index (χ2v) is 5.61.